The van der Waals surface area contributed by atoms with E-state index in [1.807, 2.05) is 0 Å². The molecule has 0 atom stereocenters. The van der Waals surface area contributed by atoms with Crippen molar-refractivity contribution in [3.63, 3.8) is 0 Å². The number of nitrogens with zero attached hydrogens (tertiary/aromatic N) is 1. The molecule has 0 saturated heterocycles. The predicted octanol–water partition coefficient (Wildman–Crippen LogP) is 1.92. The van der Waals surface area contributed by atoms with Gasteiger partial charge in [0.1, 0.15) is 11.6 Å². The summed E-state index contributed by atoms with van der Waals surface area (Å²) in [5, 5.41) is 14.9. The molecule has 2 N–H and O–H groups in total. The maximum atomic E-state index is 13.2. The highest BCUT2D eigenvalue weighted by Crippen LogP contribution is 2.32. The van der Waals surface area contributed by atoms with E-state index in [1.54, 1.807) is 0 Å². The Morgan fingerprint density at radius 3 is 2.88 bits per heavy atom. The predicted molar refractivity (Wildman–Crippen MR) is 57.5 cm³/mol. The van der Waals surface area contributed by atoms with E-state index < -0.39 is 11.8 Å². The number of carboxylic acids is 1. The number of halogens is 1. The van der Waals surface area contributed by atoms with Crippen molar-refractivity contribution in [2.75, 3.05) is 7.11 Å². The molecule has 2 rings (SSSR count). The van der Waals surface area contributed by atoms with Crippen molar-refractivity contribution in [1.82, 2.24) is 10.2 Å². The third-order valence-electron chi connectivity index (χ3n) is 2.30. The number of aromatic nitrogens is 2. The third kappa shape index (κ3) is 1.96. The minimum atomic E-state index is -1.16. The summed E-state index contributed by atoms with van der Waals surface area (Å²) < 4.78 is 18.2. The summed E-state index contributed by atoms with van der Waals surface area (Å²) in [6.07, 6.45) is 1.32. The molecule has 2 aromatic rings. The van der Waals surface area contributed by atoms with Gasteiger partial charge in [-0.25, -0.2) is 9.18 Å². The fourth-order valence-electron chi connectivity index (χ4n) is 1.54. The van der Waals surface area contributed by atoms with E-state index in [-0.39, 0.29) is 11.3 Å². The molecule has 1 heterocycles. The lowest BCUT2D eigenvalue weighted by atomic mass is 10.1. The summed E-state index contributed by atoms with van der Waals surface area (Å²) in [4.78, 5) is 10.9. The molecule has 0 spiro atoms. The van der Waals surface area contributed by atoms with Crippen LogP contribution in [0.25, 0.3) is 11.1 Å². The monoisotopic (exact) mass is 236 g/mol. The van der Waals surface area contributed by atoms with Gasteiger partial charge in [-0.2, -0.15) is 5.10 Å². The summed E-state index contributed by atoms with van der Waals surface area (Å²) in [6, 6.07) is 3.88. The van der Waals surface area contributed by atoms with E-state index in [0.29, 0.717) is 11.3 Å². The Morgan fingerprint density at radius 2 is 2.24 bits per heavy atom. The van der Waals surface area contributed by atoms with Crippen LogP contribution in [0.15, 0.2) is 24.4 Å². The quantitative estimate of drug-likeness (QED) is 0.853. The third-order valence-corrected chi connectivity index (χ3v) is 2.30. The maximum absolute atomic E-state index is 13.2. The molecule has 1 aromatic heterocycles. The number of carbonyl (C=O) groups is 1. The van der Waals surface area contributed by atoms with Crippen LogP contribution in [0, 0.1) is 5.82 Å². The maximum Gasteiger partial charge on any atom is 0.354 e. The number of aromatic carboxylic acids is 1. The number of carboxylic acid groups (broad SMARTS) is 1. The molecule has 5 nitrogen and oxygen atoms in total. The molecule has 0 amide bonds. The molecular formula is C11H9FN2O3. The zero-order chi connectivity index (χ0) is 12.4. The number of benzene rings is 1. The highest BCUT2D eigenvalue weighted by Gasteiger charge is 2.17. The first-order chi connectivity index (χ1) is 8.13. The summed E-state index contributed by atoms with van der Waals surface area (Å²) >= 11 is 0. The number of hydrogen-bond acceptors (Lipinski definition) is 3. The second-order valence-electron chi connectivity index (χ2n) is 3.31. The van der Waals surface area contributed by atoms with Gasteiger partial charge in [-0.1, -0.05) is 0 Å². The van der Waals surface area contributed by atoms with Gasteiger partial charge in [0.15, 0.2) is 5.69 Å². The molecule has 0 aliphatic heterocycles. The van der Waals surface area contributed by atoms with Gasteiger partial charge >= 0.3 is 5.97 Å². The molecule has 0 unspecified atom stereocenters. The first-order valence-corrected chi connectivity index (χ1v) is 4.74. The van der Waals surface area contributed by atoms with Crippen LogP contribution in [0.1, 0.15) is 10.5 Å². The standard InChI is InChI=1S/C11H9FN2O3/c1-17-9-3-2-6(12)4-7(9)8-5-13-14-10(8)11(15)16/h2-5H,1H3,(H,13,14)(H,15,16). The van der Waals surface area contributed by atoms with Gasteiger partial charge < -0.3 is 9.84 Å². The Hall–Kier alpha value is -2.37. The van der Waals surface area contributed by atoms with Crippen molar-refractivity contribution in [2.24, 2.45) is 0 Å². The average molecular weight is 236 g/mol. The van der Waals surface area contributed by atoms with Crippen LogP contribution in [0.4, 0.5) is 4.39 Å². The molecule has 0 fully saturated rings. The Balaban J connectivity index is 2.63. The van der Waals surface area contributed by atoms with E-state index in [4.69, 9.17) is 9.84 Å². The Labute approximate surface area is 95.9 Å². The Morgan fingerprint density at radius 1 is 1.47 bits per heavy atom. The van der Waals surface area contributed by atoms with E-state index in [1.165, 1.54) is 31.5 Å². The van der Waals surface area contributed by atoms with Gasteiger partial charge in [0.25, 0.3) is 0 Å². The number of aromatic amines is 1. The molecular weight excluding hydrogens is 227 g/mol. The Bertz CT molecular complexity index is 566. The van der Waals surface area contributed by atoms with Gasteiger partial charge in [-0.05, 0) is 18.2 Å². The normalized spacial score (nSPS) is 10.2. The van der Waals surface area contributed by atoms with E-state index in [2.05, 4.69) is 10.2 Å². The number of nitrogens with one attached hydrogen (secondary N) is 1. The van der Waals surface area contributed by atoms with Crippen LogP contribution < -0.4 is 4.74 Å². The van der Waals surface area contributed by atoms with Crippen LogP contribution in [0.3, 0.4) is 0 Å². The highest BCUT2D eigenvalue weighted by atomic mass is 19.1. The molecule has 1 aromatic carbocycles. The number of H-pyrrole nitrogens is 1. The van der Waals surface area contributed by atoms with E-state index >= 15 is 0 Å². The first-order valence-electron chi connectivity index (χ1n) is 4.74. The van der Waals surface area contributed by atoms with Crippen molar-refractivity contribution in [3.8, 4) is 16.9 Å². The molecule has 0 saturated carbocycles. The summed E-state index contributed by atoms with van der Waals surface area (Å²) in [7, 11) is 1.43. The Kier molecular flexibility index (Phi) is 2.78. The largest absolute Gasteiger partial charge is 0.496 e. The lowest BCUT2D eigenvalue weighted by Gasteiger charge is -2.07. The van der Waals surface area contributed by atoms with E-state index in [0.717, 1.165) is 0 Å². The van der Waals surface area contributed by atoms with Crippen molar-refractivity contribution in [1.29, 1.82) is 0 Å². The molecule has 6 heteroatoms. The SMILES string of the molecule is COc1ccc(F)cc1-c1cn[nH]c1C(=O)O. The van der Waals surface area contributed by atoms with Crippen molar-refractivity contribution < 1.29 is 19.0 Å². The van der Waals surface area contributed by atoms with E-state index in [9.17, 15) is 9.18 Å². The fourth-order valence-corrected chi connectivity index (χ4v) is 1.54. The van der Waals surface area contributed by atoms with Gasteiger partial charge in [-0.15, -0.1) is 0 Å². The van der Waals surface area contributed by atoms with Gasteiger partial charge in [0, 0.05) is 11.1 Å². The fraction of sp³-hybridized carbons (Fsp3) is 0.0909. The first kappa shape index (κ1) is 11.1. The van der Waals surface area contributed by atoms with Crippen molar-refractivity contribution in [3.05, 3.63) is 35.9 Å². The van der Waals surface area contributed by atoms with Crippen LogP contribution in [0.5, 0.6) is 5.75 Å². The highest BCUT2D eigenvalue weighted by molar-refractivity contribution is 5.94. The summed E-state index contributed by atoms with van der Waals surface area (Å²) in [5.74, 6) is -1.25. The average Bonchev–Trinajstić information content (AvgIpc) is 2.77. The second-order valence-corrected chi connectivity index (χ2v) is 3.31. The number of hydrogen-bond donors (Lipinski definition) is 2. The smallest absolute Gasteiger partial charge is 0.354 e. The zero-order valence-electron chi connectivity index (χ0n) is 8.90. The topological polar surface area (TPSA) is 75.2 Å². The lowest BCUT2D eigenvalue weighted by molar-refractivity contribution is 0.0691. The van der Waals surface area contributed by atoms with Crippen molar-refractivity contribution >= 4 is 5.97 Å². The molecule has 0 aliphatic rings. The lowest BCUT2D eigenvalue weighted by Crippen LogP contribution is -2.00. The van der Waals surface area contributed by atoms with Crippen LogP contribution in [0.2, 0.25) is 0 Å². The molecule has 0 aliphatic carbocycles. The second kappa shape index (κ2) is 4.25. The molecule has 17 heavy (non-hydrogen) atoms. The van der Waals surface area contributed by atoms with Gasteiger partial charge in [0.05, 0.1) is 13.3 Å². The van der Waals surface area contributed by atoms with Crippen LogP contribution >= 0.6 is 0 Å². The van der Waals surface area contributed by atoms with Crippen LogP contribution in [-0.2, 0) is 0 Å². The molecule has 0 radical (unpaired) electrons. The van der Waals surface area contributed by atoms with Crippen molar-refractivity contribution in [2.45, 2.75) is 0 Å². The molecule has 0 bridgehead atoms. The van der Waals surface area contributed by atoms with Gasteiger partial charge in [-0.3, -0.25) is 5.10 Å². The number of methoxy groups -OCH3 is 1. The number of rotatable bonds is 3. The minimum absolute atomic E-state index is 0.103. The summed E-state index contributed by atoms with van der Waals surface area (Å²) in [6.45, 7) is 0. The summed E-state index contributed by atoms with van der Waals surface area (Å²) in [5.41, 5.74) is 0.529. The number of ether oxygens (including phenoxy) is 1. The minimum Gasteiger partial charge on any atom is -0.496 e. The van der Waals surface area contributed by atoms with Gasteiger partial charge in [0.2, 0.25) is 0 Å². The molecule has 88 valence electrons. The zero-order valence-corrected chi connectivity index (χ0v) is 8.90. The van der Waals surface area contributed by atoms with Crippen LogP contribution in [-0.4, -0.2) is 28.4 Å².